The molecule has 0 aromatic heterocycles. The van der Waals surface area contributed by atoms with Gasteiger partial charge in [-0.05, 0) is 24.8 Å². The zero-order valence-corrected chi connectivity index (χ0v) is 10.4. The standard InChI is InChI=1S/C12H26N2O/c1-12(2,3)10-11(15)14-9-7-5-4-6-8-13/h4-10,13H2,1-3H3,(H,14,15). The average Bonchev–Trinajstić information content (AvgIpc) is 2.08. The molecule has 0 spiro atoms. The van der Waals surface area contributed by atoms with Crippen molar-refractivity contribution >= 4 is 5.91 Å². The summed E-state index contributed by atoms with van der Waals surface area (Å²) in [6.07, 6.45) is 5.10. The minimum Gasteiger partial charge on any atom is -0.356 e. The summed E-state index contributed by atoms with van der Waals surface area (Å²) in [6.45, 7) is 7.81. The van der Waals surface area contributed by atoms with Gasteiger partial charge in [-0.1, -0.05) is 33.6 Å². The predicted molar refractivity (Wildman–Crippen MR) is 64.6 cm³/mol. The number of hydrogen-bond donors (Lipinski definition) is 2. The maximum atomic E-state index is 11.4. The van der Waals surface area contributed by atoms with Gasteiger partial charge < -0.3 is 11.1 Å². The van der Waals surface area contributed by atoms with E-state index in [0.717, 1.165) is 32.4 Å². The smallest absolute Gasteiger partial charge is 0.220 e. The van der Waals surface area contributed by atoms with Crippen LogP contribution in [0, 0.1) is 5.41 Å². The SMILES string of the molecule is CC(C)(C)CC(=O)NCCCCCCN. The second-order valence-electron chi connectivity index (χ2n) is 5.29. The minimum atomic E-state index is 0.0869. The largest absolute Gasteiger partial charge is 0.356 e. The predicted octanol–water partition coefficient (Wildman–Crippen LogP) is 2.06. The van der Waals surface area contributed by atoms with Crippen molar-refractivity contribution in [3.63, 3.8) is 0 Å². The van der Waals surface area contributed by atoms with E-state index in [4.69, 9.17) is 5.73 Å². The summed E-state index contributed by atoms with van der Waals surface area (Å²) in [6, 6.07) is 0. The zero-order valence-electron chi connectivity index (χ0n) is 10.4. The van der Waals surface area contributed by atoms with Gasteiger partial charge in [-0.15, -0.1) is 0 Å². The van der Waals surface area contributed by atoms with E-state index >= 15 is 0 Å². The Labute approximate surface area is 93.8 Å². The van der Waals surface area contributed by atoms with Crippen molar-refractivity contribution in [2.24, 2.45) is 11.1 Å². The topological polar surface area (TPSA) is 55.1 Å². The summed E-state index contributed by atoms with van der Waals surface area (Å²) in [5, 5.41) is 2.95. The Kier molecular flexibility index (Phi) is 7.39. The molecule has 0 saturated carbocycles. The van der Waals surface area contributed by atoms with Crippen molar-refractivity contribution in [1.82, 2.24) is 5.32 Å². The van der Waals surface area contributed by atoms with Crippen LogP contribution >= 0.6 is 0 Å². The van der Waals surface area contributed by atoms with Gasteiger partial charge in [0.1, 0.15) is 0 Å². The highest BCUT2D eigenvalue weighted by molar-refractivity contribution is 5.76. The fraction of sp³-hybridized carbons (Fsp3) is 0.917. The molecule has 0 aliphatic heterocycles. The Bertz CT molecular complexity index is 173. The second-order valence-corrected chi connectivity index (χ2v) is 5.29. The normalized spacial score (nSPS) is 11.5. The Morgan fingerprint density at radius 2 is 1.73 bits per heavy atom. The average molecular weight is 214 g/mol. The Hall–Kier alpha value is -0.570. The van der Waals surface area contributed by atoms with Crippen LogP contribution in [0.25, 0.3) is 0 Å². The van der Waals surface area contributed by atoms with Crippen LogP contribution in [0.15, 0.2) is 0 Å². The highest BCUT2D eigenvalue weighted by atomic mass is 16.1. The van der Waals surface area contributed by atoms with E-state index in [0.29, 0.717) is 6.42 Å². The molecular weight excluding hydrogens is 188 g/mol. The van der Waals surface area contributed by atoms with Crippen LogP contribution in [0.1, 0.15) is 52.9 Å². The Morgan fingerprint density at radius 1 is 1.13 bits per heavy atom. The summed E-state index contributed by atoms with van der Waals surface area (Å²) in [7, 11) is 0. The number of hydrogen-bond acceptors (Lipinski definition) is 2. The third-order valence-electron chi connectivity index (χ3n) is 2.14. The van der Waals surface area contributed by atoms with Crippen LogP contribution in [-0.4, -0.2) is 19.0 Å². The van der Waals surface area contributed by atoms with Crippen molar-refractivity contribution in [2.45, 2.75) is 52.9 Å². The van der Waals surface area contributed by atoms with Crippen LogP contribution in [0.3, 0.4) is 0 Å². The van der Waals surface area contributed by atoms with Gasteiger partial charge in [0, 0.05) is 13.0 Å². The Morgan fingerprint density at radius 3 is 2.27 bits per heavy atom. The first-order valence-corrected chi connectivity index (χ1v) is 5.92. The van der Waals surface area contributed by atoms with E-state index in [1.807, 2.05) is 0 Å². The molecule has 0 aromatic rings. The first-order valence-electron chi connectivity index (χ1n) is 5.92. The molecule has 0 aliphatic rings. The van der Waals surface area contributed by atoms with Crippen LogP contribution in [-0.2, 0) is 4.79 Å². The molecule has 0 aromatic carbocycles. The third-order valence-corrected chi connectivity index (χ3v) is 2.14. The van der Waals surface area contributed by atoms with Gasteiger partial charge in [0.2, 0.25) is 5.91 Å². The lowest BCUT2D eigenvalue weighted by atomic mass is 9.92. The van der Waals surface area contributed by atoms with Crippen LogP contribution in [0.2, 0.25) is 0 Å². The monoisotopic (exact) mass is 214 g/mol. The summed E-state index contributed by atoms with van der Waals surface area (Å²) in [5.41, 5.74) is 5.48. The van der Waals surface area contributed by atoms with Gasteiger partial charge in [-0.25, -0.2) is 0 Å². The molecule has 0 bridgehead atoms. The molecule has 15 heavy (non-hydrogen) atoms. The van der Waals surface area contributed by atoms with E-state index in [9.17, 15) is 4.79 Å². The molecule has 90 valence electrons. The van der Waals surface area contributed by atoms with Crippen LogP contribution in [0.4, 0.5) is 0 Å². The minimum absolute atomic E-state index is 0.0869. The Balaban J connectivity index is 3.32. The highest BCUT2D eigenvalue weighted by Crippen LogP contribution is 2.17. The first kappa shape index (κ1) is 14.4. The fourth-order valence-electron chi connectivity index (χ4n) is 1.39. The molecule has 0 fully saturated rings. The molecular formula is C12H26N2O. The van der Waals surface area contributed by atoms with Crippen molar-refractivity contribution in [3.8, 4) is 0 Å². The number of unbranched alkanes of at least 4 members (excludes halogenated alkanes) is 3. The molecule has 1 amide bonds. The quantitative estimate of drug-likeness (QED) is 0.637. The molecule has 0 unspecified atom stereocenters. The second kappa shape index (κ2) is 7.69. The lowest BCUT2D eigenvalue weighted by Gasteiger charge is -2.17. The maximum Gasteiger partial charge on any atom is 0.220 e. The van der Waals surface area contributed by atoms with E-state index < -0.39 is 0 Å². The maximum absolute atomic E-state index is 11.4. The fourth-order valence-corrected chi connectivity index (χ4v) is 1.39. The third kappa shape index (κ3) is 11.4. The molecule has 0 rings (SSSR count). The van der Waals surface area contributed by atoms with Gasteiger partial charge in [-0.3, -0.25) is 4.79 Å². The molecule has 0 heterocycles. The summed E-state index contributed by atoms with van der Waals surface area (Å²) in [5.74, 6) is 0.168. The van der Waals surface area contributed by atoms with E-state index in [2.05, 4.69) is 26.1 Å². The number of rotatable bonds is 7. The molecule has 0 saturated heterocycles. The molecule has 0 radical (unpaired) electrons. The molecule has 3 heteroatoms. The lowest BCUT2D eigenvalue weighted by Crippen LogP contribution is -2.28. The van der Waals surface area contributed by atoms with Gasteiger partial charge >= 0.3 is 0 Å². The summed E-state index contributed by atoms with van der Waals surface area (Å²) in [4.78, 5) is 11.4. The van der Waals surface area contributed by atoms with E-state index in [1.54, 1.807) is 0 Å². The number of nitrogens with one attached hydrogen (secondary N) is 1. The zero-order chi connectivity index (χ0) is 11.7. The molecule has 0 aliphatic carbocycles. The number of carbonyl (C=O) groups is 1. The number of amides is 1. The molecule has 3 N–H and O–H groups in total. The van der Waals surface area contributed by atoms with Gasteiger partial charge in [-0.2, -0.15) is 0 Å². The van der Waals surface area contributed by atoms with Gasteiger partial charge in [0.15, 0.2) is 0 Å². The van der Waals surface area contributed by atoms with Crippen molar-refractivity contribution in [3.05, 3.63) is 0 Å². The molecule has 3 nitrogen and oxygen atoms in total. The van der Waals surface area contributed by atoms with Crippen LogP contribution in [0.5, 0.6) is 0 Å². The van der Waals surface area contributed by atoms with E-state index in [-0.39, 0.29) is 11.3 Å². The first-order chi connectivity index (χ1) is 6.95. The van der Waals surface area contributed by atoms with Crippen LogP contribution < -0.4 is 11.1 Å². The van der Waals surface area contributed by atoms with Crippen molar-refractivity contribution in [2.75, 3.05) is 13.1 Å². The number of carbonyl (C=O) groups excluding carboxylic acids is 1. The molecule has 0 atom stereocenters. The lowest BCUT2D eigenvalue weighted by molar-refractivity contribution is -0.122. The van der Waals surface area contributed by atoms with Crippen molar-refractivity contribution in [1.29, 1.82) is 0 Å². The number of nitrogens with two attached hydrogens (primary N) is 1. The van der Waals surface area contributed by atoms with E-state index in [1.165, 1.54) is 6.42 Å². The van der Waals surface area contributed by atoms with Gasteiger partial charge in [0.05, 0.1) is 0 Å². The van der Waals surface area contributed by atoms with Crippen molar-refractivity contribution < 1.29 is 4.79 Å². The highest BCUT2D eigenvalue weighted by Gasteiger charge is 2.14. The van der Waals surface area contributed by atoms with Gasteiger partial charge in [0.25, 0.3) is 0 Å². The summed E-state index contributed by atoms with van der Waals surface area (Å²) >= 11 is 0. The summed E-state index contributed by atoms with van der Waals surface area (Å²) < 4.78 is 0.